The number of nitrogen functional groups attached to an aromatic ring is 1. The van der Waals surface area contributed by atoms with Crippen molar-refractivity contribution in [2.75, 3.05) is 12.3 Å². The molecule has 1 aromatic carbocycles. The second-order valence-corrected chi connectivity index (χ2v) is 7.25. The number of hydrogen-bond acceptors (Lipinski definition) is 5. The number of hydrogen-bond donors (Lipinski definition) is 1. The van der Waals surface area contributed by atoms with Crippen molar-refractivity contribution in [1.82, 2.24) is 19.1 Å². The Bertz CT molecular complexity index is 758. The first-order valence-electron chi connectivity index (χ1n) is 5.90. The molecule has 1 aromatic heterocycles. The molecule has 0 saturated heterocycles. The molecule has 2 heterocycles. The minimum absolute atomic E-state index is 0.214. The van der Waals surface area contributed by atoms with Crippen molar-refractivity contribution in [3.8, 4) is 0 Å². The summed E-state index contributed by atoms with van der Waals surface area (Å²) in [6.07, 6.45) is 1.61. The van der Waals surface area contributed by atoms with Gasteiger partial charge in [-0.05, 0) is 34.1 Å². The monoisotopic (exact) mass is 357 g/mol. The van der Waals surface area contributed by atoms with Gasteiger partial charge in [-0.2, -0.15) is 4.31 Å². The van der Waals surface area contributed by atoms with Crippen LogP contribution in [-0.4, -0.2) is 34.0 Å². The van der Waals surface area contributed by atoms with Gasteiger partial charge < -0.3 is 10.3 Å². The smallest absolute Gasteiger partial charge is 0.243 e. The van der Waals surface area contributed by atoms with Crippen LogP contribution in [0.15, 0.2) is 33.9 Å². The van der Waals surface area contributed by atoms with Crippen molar-refractivity contribution in [2.45, 2.75) is 18.0 Å². The average Bonchev–Trinajstić information content (AvgIpc) is 2.89. The first kappa shape index (κ1) is 13.5. The second-order valence-electron chi connectivity index (χ2n) is 4.46. The number of nitrogens with zero attached hydrogens (tertiary/aromatic N) is 4. The number of nitrogens with two attached hydrogens (primary N) is 1. The van der Waals surface area contributed by atoms with Crippen LogP contribution in [0.3, 0.4) is 0 Å². The number of rotatable bonds is 2. The molecule has 0 unspecified atom stereocenters. The lowest BCUT2D eigenvalue weighted by Gasteiger charge is -2.26. The molecule has 0 radical (unpaired) electrons. The van der Waals surface area contributed by atoms with E-state index in [0.29, 0.717) is 29.1 Å². The van der Waals surface area contributed by atoms with Crippen LogP contribution >= 0.6 is 15.9 Å². The Morgan fingerprint density at radius 1 is 1.30 bits per heavy atom. The number of benzene rings is 1. The zero-order valence-electron chi connectivity index (χ0n) is 10.4. The van der Waals surface area contributed by atoms with Crippen molar-refractivity contribution >= 4 is 31.6 Å². The Morgan fingerprint density at radius 3 is 2.85 bits per heavy atom. The van der Waals surface area contributed by atoms with E-state index < -0.39 is 10.0 Å². The summed E-state index contributed by atoms with van der Waals surface area (Å²) in [7, 11) is -3.56. The van der Waals surface area contributed by atoms with Gasteiger partial charge in [0.15, 0.2) is 0 Å². The minimum atomic E-state index is -3.56. The normalized spacial score (nSPS) is 16.1. The molecule has 106 valence electrons. The average molecular weight is 358 g/mol. The predicted molar refractivity (Wildman–Crippen MR) is 76.2 cm³/mol. The molecule has 2 aromatic rings. The van der Waals surface area contributed by atoms with Crippen LogP contribution in [0.1, 0.15) is 5.82 Å². The maximum Gasteiger partial charge on any atom is 0.243 e. The maximum absolute atomic E-state index is 12.6. The van der Waals surface area contributed by atoms with Gasteiger partial charge in [0.25, 0.3) is 0 Å². The first-order chi connectivity index (χ1) is 9.48. The summed E-state index contributed by atoms with van der Waals surface area (Å²) in [6, 6.07) is 4.60. The lowest BCUT2D eigenvalue weighted by molar-refractivity contribution is 0.335. The van der Waals surface area contributed by atoms with E-state index in [1.54, 1.807) is 12.4 Å². The highest BCUT2D eigenvalue weighted by Gasteiger charge is 2.29. The van der Waals surface area contributed by atoms with Crippen molar-refractivity contribution in [3.05, 3.63) is 34.8 Å². The van der Waals surface area contributed by atoms with E-state index >= 15 is 0 Å². The number of aromatic nitrogens is 3. The molecule has 0 saturated carbocycles. The van der Waals surface area contributed by atoms with Crippen molar-refractivity contribution in [2.24, 2.45) is 0 Å². The zero-order chi connectivity index (χ0) is 14.3. The molecule has 0 amide bonds. The number of sulfonamides is 1. The Morgan fingerprint density at radius 2 is 2.10 bits per heavy atom. The molecule has 3 rings (SSSR count). The van der Waals surface area contributed by atoms with Crippen LogP contribution in [0.4, 0.5) is 5.69 Å². The standard InChI is InChI=1S/C11H12BrN5O2S/c12-9-5-8(1-2-10(9)13)20(18,19)17-4-3-16-7-14-15-11(16)6-17/h1-2,5,7H,3-4,6,13H2. The second kappa shape index (κ2) is 4.83. The Labute approximate surface area is 124 Å². The molecule has 9 heteroatoms. The molecule has 0 aliphatic carbocycles. The van der Waals surface area contributed by atoms with Crippen molar-refractivity contribution in [1.29, 1.82) is 0 Å². The van der Waals surface area contributed by atoms with Crippen molar-refractivity contribution < 1.29 is 8.42 Å². The summed E-state index contributed by atoms with van der Waals surface area (Å²) < 4.78 is 29.0. The highest BCUT2D eigenvalue weighted by atomic mass is 79.9. The largest absolute Gasteiger partial charge is 0.398 e. The fourth-order valence-corrected chi connectivity index (χ4v) is 4.01. The molecule has 0 atom stereocenters. The molecule has 1 aliphatic heterocycles. The van der Waals surface area contributed by atoms with Gasteiger partial charge in [-0.15, -0.1) is 10.2 Å². The van der Waals surface area contributed by atoms with E-state index in [1.807, 2.05) is 4.57 Å². The molecule has 7 nitrogen and oxygen atoms in total. The molecular formula is C11H12BrN5O2S. The Hall–Kier alpha value is -1.45. The van der Waals surface area contributed by atoms with E-state index in [4.69, 9.17) is 5.73 Å². The molecule has 2 N–H and O–H groups in total. The van der Waals surface area contributed by atoms with E-state index in [2.05, 4.69) is 26.1 Å². The van der Waals surface area contributed by atoms with E-state index in [9.17, 15) is 8.42 Å². The van der Waals surface area contributed by atoms with Crippen LogP contribution in [0.2, 0.25) is 0 Å². The summed E-state index contributed by atoms with van der Waals surface area (Å²) in [5.41, 5.74) is 6.19. The highest BCUT2D eigenvalue weighted by molar-refractivity contribution is 9.10. The van der Waals surface area contributed by atoms with Gasteiger partial charge in [0.05, 0.1) is 11.4 Å². The third-order valence-corrected chi connectivity index (χ3v) is 5.74. The van der Waals surface area contributed by atoms with Crippen LogP contribution in [-0.2, 0) is 23.1 Å². The topological polar surface area (TPSA) is 94.1 Å². The van der Waals surface area contributed by atoms with Crippen LogP contribution in [0.25, 0.3) is 0 Å². The number of halogens is 1. The minimum Gasteiger partial charge on any atom is -0.398 e. The fourth-order valence-electron chi connectivity index (χ4n) is 2.07. The van der Waals surface area contributed by atoms with Gasteiger partial charge in [-0.25, -0.2) is 8.42 Å². The summed E-state index contributed by atoms with van der Waals surface area (Å²) in [4.78, 5) is 0.214. The fraction of sp³-hybridized carbons (Fsp3) is 0.273. The third kappa shape index (κ3) is 2.21. The molecule has 0 spiro atoms. The molecule has 1 aliphatic rings. The highest BCUT2D eigenvalue weighted by Crippen LogP contribution is 2.26. The summed E-state index contributed by atoms with van der Waals surface area (Å²) in [6.45, 7) is 1.18. The van der Waals surface area contributed by atoms with Gasteiger partial charge in [-0.1, -0.05) is 0 Å². The van der Waals surface area contributed by atoms with E-state index in [1.165, 1.54) is 16.4 Å². The van der Waals surface area contributed by atoms with Gasteiger partial charge in [-0.3, -0.25) is 0 Å². The summed E-state index contributed by atoms with van der Waals surface area (Å²) in [5, 5.41) is 7.71. The Kier molecular flexibility index (Phi) is 3.27. The van der Waals surface area contributed by atoms with Gasteiger partial charge in [0.1, 0.15) is 12.2 Å². The number of fused-ring (bicyclic) bond motifs is 1. The zero-order valence-corrected chi connectivity index (χ0v) is 12.8. The van der Waals surface area contributed by atoms with Crippen molar-refractivity contribution in [3.63, 3.8) is 0 Å². The Balaban J connectivity index is 1.95. The third-order valence-electron chi connectivity index (χ3n) is 3.21. The lowest BCUT2D eigenvalue weighted by atomic mass is 10.3. The number of anilines is 1. The SMILES string of the molecule is Nc1ccc(S(=O)(=O)N2CCn3cnnc3C2)cc1Br. The molecule has 20 heavy (non-hydrogen) atoms. The molecular weight excluding hydrogens is 346 g/mol. The van der Waals surface area contributed by atoms with E-state index in [-0.39, 0.29) is 11.4 Å². The summed E-state index contributed by atoms with van der Waals surface area (Å²) >= 11 is 3.25. The van der Waals surface area contributed by atoms with Crippen LogP contribution in [0, 0.1) is 0 Å². The van der Waals surface area contributed by atoms with E-state index in [0.717, 1.165) is 0 Å². The summed E-state index contributed by atoms with van der Waals surface area (Å²) in [5.74, 6) is 0.648. The predicted octanol–water partition coefficient (Wildman–Crippen LogP) is 0.827. The first-order valence-corrected chi connectivity index (χ1v) is 8.13. The molecule has 0 bridgehead atoms. The van der Waals surface area contributed by atoms with Gasteiger partial charge in [0.2, 0.25) is 10.0 Å². The van der Waals surface area contributed by atoms with Crippen LogP contribution < -0.4 is 5.73 Å². The lowest BCUT2D eigenvalue weighted by Crippen LogP contribution is -2.38. The molecule has 0 fully saturated rings. The van der Waals surface area contributed by atoms with Crippen LogP contribution in [0.5, 0.6) is 0 Å². The van der Waals surface area contributed by atoms with Gasteiger partial charge in [0, 0.05) is 23.2 Å². The van der Waals surface area contributed by atoms with Gasteiger partial charge >= 0.3 is 0 Å². The quantitative estimate of drug-likeness (QED) is 0.803. The maximum atomic E-state index is 12.6.